The van der Waals surface area contributed by atoms with Crippen LogP contribution in [0, 0.1) is 5.41 Å². The van der Waals surface area contributed by atoms with Crippen LogP contribution in [0.4, 0.5) is 0 Å². The fourth-order valence-electron chi connectivity index (χ4n) is 2.61. The fraction of sp³-hybridized carbons (Fsp3) is 0.765. The van der Waals surface area contributed by atoms with Crippen molar-refractivity contribution in [3.8, 4) is 0 Å². The molecule has 0 bridgehead atoms. The molecule has 1 heterocycles. The number of carbonyl (C=O) groups excluding carboxylic acids is 1. The zero-order chi connectivity index (χ0) is 16.8. The normalized spacial score (nSPS) is 15.6. The molecule has 0 aliphatic rings. The third-order valence-electron chi connectivity index (χ3n) is 4.85. The maximum Gasteiger partial charge on any atom is 0.273 e. The molecule has 0 fully saturated rings. The number of rotatable bonds is 9. The van der Waals surface area contributed by atoms with E-state index in [0.29, 0.717) is 18.3 Å². The van der Waals surface area contributed by atoms with Gasteiger partial charge >= 0.3 is 0 Å². The summed E-state index contributed by atoms with van der Waals surface area (Å²) >= 11 is 0. The molecule has 0 saturated heterocycles. The van der Waals surface area contributed by atoms with E-state index in [0.717, 1.165) is 31.6 Å². The first-order valence-electron chi connectivity index (χ1n) is 8.31. The van der Waals surface area contributed by atoms with Crippen LogP contribution in [0.2, 0.25) is 0 Å². The maximum atomic E-state index is 12.2. The van der Waals surface area contributed by atoms with Gasteiger partial charge in [0.2, 0.25) is 0 Å². The Bertz CT molecular complexity index is 472. The van der Waals surface area contributed by atoms with Crippen molar-refractivity contribution in [3.05, 3.63) is 17.5 Å². The van der Waals surface area contributed by atoms with Crippen LogP contribution in [0.5, 0.6) is 0 Å². The third-order valence-corrected chi connectivity index (χ3v) is 4.85. The van der Waals surface area contributed by atoms with E-state index in [1.165, 1.54) is 0 Å². The average Bonchev–Trinajstić information content (AvgIpc) is 3.00. The minimum atomic E-state index is -0.159. The topological polar surface area (TPSA) is 58.4 Å². The second kappa shape index (κ2) is 8.32. The first-order valence-corrected chi connectivity index (χ1v) is 8.31. The smallest absolute Gasteiger partial charge is 0.273 e. The summed E-state index contributed by atoms with van der Waals surface area (Å²) in [6.07, 6.45) is 2.87. The molecular formula is C17H31N3O2. The molecule has 1 rings (SSSR count). The van der Waals surface area contributed by atoms with Crippen LogP contribution in [0.1, 0.15) is 63.7 Å². The molecule has 22 heavy (non-hydrogen) atoms. The Morgan fingerprint density at radius 3 is 2.64 bits per heavy atom. The lowest BCUT2D eigenvalue weighted by atomic mass is 9.79. The van der Waals surface area contributed by atoms with E-state index in [4.69, 9.17) is 4.52 Å². The van der Waals surface area contributed by atoms with E-state index in [-0.39, 0.29) is 11.3 Å². The van der Waals surface area contributed by atoms with Crippen LogP contribution in [-0.4, -0.2) is 42.1 Å². The van der Waals surface area contributed by atoms with Gasteiger partial charge in [-0.25, -0.2) is 0 Å². The van der Waals surface area contributed by atoms with Gasteiger partial charge in [-0.3, -0.25) is 4.79 Å². The van der Waals surface area contributed by atoms with Gasteiger partial charge in [-0.2, -0.15) is 0 Å². The molecule has 1 amide bonds. The Kier molecular flexibility index (Phi) is 7.07. The van der Waals surface area contributed by atoms with E-state index in [1.54, 1.807) is 6.07 Å². The molecule has 0 aliphatic heterocycles. The lowest BCUT2D eigenvalue weighted by molar-refractivity contribution is 0.0822. The Morgan fingerprint density at radius 1 is 1.45 bits per heavy atom. The van der Waals surface area contributed by atoms with Crippen LogP contribution in [-0.2, 0) is 6.42 Å². The summed E-state index contributed by atoms with van der Waals surface area (Å²) in [5, 5.41) is 6.84. The van der Waals surface area contributed by atoms with Crippen LogP contribution in [0.25, 0.3) is 0 Å². The molecule has 0 spiro atoms. The van der Waals surface area contributed by atoms with E-state index >= 15 is 0 Å². The maximum absolute atomic E-state index is 12.2. The minimum absolute atomic E-state index is 0.0247. The molecule has 2 atom stereocenters. The van der Waals surface area contributed by atoms with Crippen molar-refractivity contribution in [1.29, 1.82) is 0 Å². The average molecular weight is 309 g/mol. The van der Waals surface area contributed by atoms with E-state index in [1.807, 2.05) is 6.92 Å². The highest BCUT2D eigenvalue weighted by atomic mass is 16.5. The van der Waals surface area contributed by atoms with Crippen molar-refractivity contribution in [2.75, 3.05) is 20.1 Å². The molecular weight excluding hydrogens is 278 g/mol. The van der Waals surface area contributed by atoms with Gasteiger partial charge in [-0.15, -0.1) is 0 Å². The minimum Gasteiger partial charge on any atom is -0.361 e. The van der Waals surface area contributed by atoms with E-state index < -0.39 is 0 Å². The predicted octanol–water partition coefficient (Wildman–Crippen LogP) is 3.11. The number of carbonyl (C=O) groups is 1. The highest BCUT2D eigenvalue weighted by Crippen LogP contribution is 2.28. The fourth-order valence-corrected chi connectivity index (χ4v) is 2.61. The Morgan fingerprint density at radius 2 is 2.14 bits per heavy atom. The number of hydrogen-bond donors (Lipinski definition) is 1. The van der Waals surface area contributed by atoms with Crippen molar-refractivity contribution in [2.45, 2.75) is 59.9 Å². The van der Waals surface area contributed by atoms with Crippen molar-refractivity contribution in [2.24, 2.45) is 5.41 Å². The lowest BCUT2D eigenvalue weighted by Gasteiger charge is -2.40. The molecule has 1 N–H and O–H groups in total. The zero-order valence-electron chi connectivity index (χ0n) is 14.9. The molecule has 2 unspecified atom stereocenters. The van der Waals surface area contributed by atoms with Crippen LogP contribution in [0.3, 0.4) is 0 Å². The van der Waals surface area contributed by atoms with Gasteiger partial charge in [0.15, 0.2) is 5.69 Å². The molecule has 126 valence electrons. The second-order valence-corrected chi connectivity index (χ2v) is 6.38. The van der Waals surface area contributed by atoms with E-state index in [2.05, 4.69) is 50.1 Å². The number of amides is 1. The number of hydrogen-bond acceptors (Lipinski definition) is 4. The number of aromatic nitrogens is 1. The summed E-state index contributed by atoms with van der Waals surface area (Å²) in [6.45, 7) is 12.5. The monoisotopic (exact) mass is 309 g/mol. The first kappa shape index (κ1) is 18.7. The van der Waals surface area contributed by atoms with Crippen LogP contribution in [0.15, 0.2) is 10.6 Å². The van der Waals surface area contributed by atoms with Gasteiger partial charge in [0.1, 0.15) is 5.76 Å². The summed E-state index contributed by atoms with van der Waals surface area (Å²) in [5.74, 6) is 0.577. The standard InChI is InChI=1S/C17H31N3O2/c1-7-10-20(6)13(4)17(5,9-3)12-18-16(21)15-11-14(8-2)22-19-15/h11,13H,7-10,12H2,1-6H3,(H,18,21). The molecule has 1 aromatic heterocycles. The first-order chi connectivity index (χ1) is 10.4. The molecule has 5 heteroatoms. The molecule has 1 aromatic rings. The Balaban J connectivity index is 2.66. The van der Waals surface area contributed by atoms with Gasteiger partial charge in [0.25, 0.3) is 5.91 Å². The number of nitrogens with zero attached hydrogens (tertiary/aromatic N) is 2. The summed E-state index contributed by atoms with van der Waals surface area (Å²) in [5.41, 5.74) is 0.390. The second-order valence-electron chi connectivity index (χ2n) is 6.38. The zero-order valence-corrected chi connectivity index (χ0v) is 14.9. The Hall–Kier alpha value is -1.36. The summed E-state index contributed by atoms with van der Waals surface area (Å²) in [6, 6.07) is 2.10. The molecule has 0 aromatic carbocycles. The largest absolute Gasteiger partial charge is 0.361 e. The quantitative estimate of drug-likeness (QED) is 0.761. The van der Waals surface area contributed by atoms with E-state index in [9.17, 15) is 4.79 Å². The van der Waals surface area contributed by atoms with Gasteiger partial charge in [0.05, 0.1) is 0 Å². The third kappa shape index (κ3) is 4.57. The van der Waals surface area contributed by atoms with Gasteiger partial charge < -0.3 is 14.7 Å². The molecule has 5 nitrogen and oxygen atoms in total. The van der Waals surface area contributed by atoms with Gasteiger partial charge in [-0.05, 0) is 38.8 Å². The SMILES string of the molecule is CCCN(C)C(C)C(C)(CC)CNC(=O)c1cc(CC)on1. The molecule has 0 aliphatic carbocycles. The summed E-state index contributed by atoms with van der Waals surface area (Å²) < 4.78 is 5.09. The van der Waals surface area contributed by atoms with Crippen molar-refractivity contribution in [3.63, 3.8) is 0 Å². The number of aryl methyl sites for hydroxylation is 1. The number of nitrogens with one attached hydrogen (secondary N) is 1. The summed E-state index contributed by atoms with van der Waals surface area (Å²) in [7, 11) is 2.15. The van der Waals surface area contributed by atoms with Crippen LogP contribution < -0.4 is 5.32 Å². The molecule has 0 radical (unpaired) electrons. The highest BCUT2D eigenvalue weighted by molar-refractivity contribution is 5.92. The Labute approximate surface area is 134 Å². The summed E-state index contributed by atoms with van der Waals surface area (Å²) in [4.78, 5) is 14.6. The van der Waals surface area contributed by atoms with Crippen molar-refractivity contribution < 1.29 is 9.32 Å². The van der Waals surface area contributed by atoms with Crippen LogP contribution >= 0.6 is 0 Å². The van der Waals surface area contributed by atoms with Crippen molar-refractivity contribution in [1.82, 2.24) is 15.4 Å². The molecule has 0 saturated carbocycles. The van der Waals surface area contributed by atoms with Gasteiger partial charge in [-0.1, -0.05) is 32.9 Å². The van der Waals surface area contributed by atoms with Gasteiger partial charge in [0, 0.05) is 25.1 Å². The lowest BCUT2D eigenvalue weighted by Crippen LogP contribution is -2.49. The predicted molar refractivity (Wildman–Crippen MR) is 89.0 cm³/mol. The van der Waals surface area contributed by atoms with Crippen molar-refractivity contribution >= 4 is 5.91 Å². The highest BCUT2D eigenvalue weighted by Gasteiger charge is 2.32.